The lowest BCUT2D eigenvalue weighted by Crippen LogP contribution is -2.52. The van der Waals surface area contributed by atoms with Gasteiger partial charge in [0, 0.05) is 31.3 Å². The summed E-state index contributed by atoms with van der Waals surface area (Å²) in [5, 5.41) is 3.38. The molecule has 0 amide bonds. The molecule has 0 radical (unpaired) electrons. The second-order valence-corrected chi connectivity index (χ2v) is 5.10. The number of nitrogens with zero attached hydrogens (tertiary/aromatic N) is 2. The second kappa shape index (κ2) is 3.47. The molecule has 1 aromatic rings. The monoisotopic (exact) mass is 230 g/mol. The highest BCUT2D eigenvalue weighted by molar-refractivity contribution is 6.05. The number of amidine groups is 1. The van der Waals surface area contributed by atoms with Gasteiger partial charge in [-0.1, -0.05) is 12.1 Å². The third kappa shape index (κ3) is 1.69. The van der Waals surface area contributed by atoms with Crippen molar-refractivity contribution in [3.8, 4) is 0 Å². The van der Waals surface area contributed by atoms with Crippen LogP contribution in [0.2, 0.25) is 0 Å². The van der Waals surface area contributed by atoms with Crippen LogP contribution in [0.3, 0.4) is 0 Å². The van der Waals surface area contributed by atoms with Crippen LogP contribution >= 0.6 is 0 Å². The number of aliphatic imine (C=N–C) groups is 1. The van der Waals surface area contributed by atoms with Crippen molar-refractivity contribution in [2.45, 2.75) is 18.6 Å². The van der Waals surface area contributed by atoms with E-state index < -0.39 is 5.79 Å². The zero-order valence-corrected chi connectivity index (χ0v) is 10.3. The SMILES string of the molecule is CN(C)C1=NC(N)(C2CC2)Nc2ccccc21. The molecule has 1 aliphatic carbocycles. The molecule has 1 saturated carbocycles. The Bertz CT molecular complexity index is 476. The van der Waals surface area contributed by atoms with E-state index in [2.05, 4.69) is 17.4 Å². The molecule has 1 atom stereocenters. The summed E-state index contributed by atoms with van der Waals surface area (Å²) in [6.07, 6.45) is 2.33. The molecule has 1 aliphatic heterocycles. The van der Waals surface area contributed by atoms with Gasteiger partial charge in [0.1, 0.15) is 5.84 Å². The zero-order chi connectivity index (χ0) is 12.0. The lowest BCUT2D eigenvalue weighted by atomic mass is 10.1. The van der Waals surface area contributed by atoms with Crippen molar-refractivity contribution >= 4 is 11.5 Å². The molecule has 0 bridgehead atoms. The number of hydrogen-bond acceptors (Lipinski definition) is 4. The Kier molecular flexibility index (Phi) is 2.16. The summed E-state index contributed by atoms with van der Waals surface area (Å²) in [6, 6.07) is 8.20. The highest BCUT2D eigenvalue weighted by Gasteiger charge is 2.45. The van der Waals surface area contributed by atoms with Crippen molar-refractivity contribution in [2.24, 2.45) is 16.6 Å². The maximum absolute atomic E-state index is 6.38. The summed E-state index contributed by atoms with van der Waals surface area (Å²) in [4.78, 5) is 6.76. The van der Waals surface area contributed by atoms with E-state index >= 15 is 0 Å². The van der Waals surface area contributed by atoms with Crippen LogP contribution in [0.1, 0.15) is 18.4 Å². The summed E-state index contributed by atoms with van der Waals surface area (Å²) < 4.78 is 0. The highest BCUT2D eigenvalue weighted by atomic mass is 15.3. The Morgan fingerprint density at radius 3 is 2.71 bits per heavy atom. The average molecular weight is 230 g/mol. The van der Waals surface area contributed by atoms with Crippen LogP contribution < -0.4 is 11.1 Å². The van der Waals surface area contributed by atoms with E-state index in [0.29, 0.717) is 5.92 Å². The summed E-state index contributed by atoms with van der Waals surface area (Å²) in [5.74, 6) is 0.813. The molecule has 0 spiro atoms. The van der Waals surface area contributed by atoms with Gasteiger partial charge in [0.2, 0.25) is 0 Å². The van der Waals surface area contributed by atoms with Crippen molar-refractivity contribution < 1.29 is 0 Å². The quantitative estimate of drug-likeness (QED) is 0.767. The Balaban J connectivity index is 2.10. The molecule has 90 valence electrons. The zero-order valence-electron chi connectivity index (χ0n) is 10.3. The minimum atomic E-state index is -0.617. The van der Waals surface area contributed by atoms with Gasteiger partial charge in [-0.15, -0.1) is 0 Å². The van der Waals surface area contributed by atoms with Crippen molar-refractivity contribution in [3.05, 3.63) is 29.8 Å². The lowest BCUT2D eigenvalue weighted by Gasteiger charge is -2.35. The molecule has 1 heterocycles. The first-order chi connectivity index (χ1) is 8.10. The Morgan fingerprint density at radius 1 is 1.35 bits per heavy atom. The topological polar surface area (TPSA) is 53.6 Å². The van der Waals surface area contributed by atoms with E-state index in [9.17, 15) is 0 Å². The summed E-state index contributed by atoms with van der Waals surface area (Å²) in [5.41, 5.74) is 8.59. The van der Waals surface area contributed by atoms with E-state index in [1.54, 1.807) is 0 Å². The number of anilines is 1. The first-order valence-electron chi connectivity index (χ1n) is 6.04. The molecule has 0 aromatic heterocycles. The van der Waals surface area contributed by atoms with E-state index in [-0.39, 0.29) is 0 Å². The molecule has 3 rings (SSSR count). The number of rotatable bonds is 1. The van der Waals surface area contributed by atoms with Crippen LogP contribution in [0.5, 0.6) is 0 Å². The van der Waals surface area contributed by atoms with Crippen LogP contribution in [-0.2, 0) is 0 Å². The summed E-state index contributed by atoms with van der Waals surface area (Å²) in [6.45, 7) is 0. The average Bonchev–Trinajstić information content (AvgIpc) is 3.11. The van der Waals surface area contributed by atoms with E-state index in [1.165, 1.54) is 0 Å². The molecule has 0 saturated heterocycles. The molecule has 4 nitrogen and oxygen atoms in total. The third-order valence-electron chi connectivity index (χ3n) is 3.42. The van der Waals surface area contributed by atoms with Gasteiger partial charge in [-0.2, -0.15) is 0 Å². The van der Waals surface area contributed by atoms with Crippen molar-refractivity contribution in [1.29, 1.82) is 0 Å². The van der Waals surface area contributed by atoms with Crippen LogP contribution in [-0.4, -0.2) is 30.6 Å². The largest absolute Gasteiger partial charge is 0.362 e. The van der Waals surface area contributed by atoms with Gasteiger partial charge >= 0.3 is 0 Å². The Morgan fingerprint density at radius 2 is 2.06 bits per heavy atom. The Labute approximate surface area is 102 Å². The van der Waals surface area contributed by atoms with Gasteiger partial charge in [-0.25, -0.2) is 4.99 Å². The minimum Gasteiger partial charge on any atom is -0.362 e. The van der Waals surface area contributed by atoms with Crippen molar-refractivity contribution in [1.82, 2.24) is 4.90 Å². The number of nitrogens with one attached hydrogen (secondary N) is 1. The maximum atomic E-state index is 6.38. The van der Waals surface area contributed by atoms with E-state index in [1.807, 2.05) is 31.1 Å². The van der Waals surface area contributed by atoms with Crippen molar-refractivity contribution in [2.75, 3.05) is 19.4 Å². The predicted molar refractivity (Wildman–Crippen MR) is 69.9 cm³/mol. The van der Waals surface area contributed by atoms with Gasteiger partial charge in [-0.05, 0) is 25.0 Å². The Hall–Kier alpha value is -1.55. The fourth-order valence-corrected chi connectivity index (χ4v) is 2.32. The van der Waals surface area contributed by atoms with Crippen LogP contribution in [0.25, 0.3) is 0 Å². The van der Waals surface area contributed by atoms with Gasteiger partial charge < -0.3 is 10.2 Å². The first-order valence-corrected chi connectivity index (χ1v) is 6.04. The summed E-state index contributed by atoms with van der Waals surface area (Å²) >= 11 is 0. The number of benzene rings is 1. The third-order valence-corrected chi connectivity index (χ3v) is 3.42. The van der Waals surface area contributed by atoms with Gasteiger partial charge in [0.25, 0.3) is 0 Å². The standard InChI is InChI=1S/C13H18N4/c1-17(2)12-10-5-3-4-6-11(10)15-13(14,16-12)9-7-8-9/h3-6,9,15H,7-8,14H2,1-2H3. The number of nitrogens with two attached hydrogens (primary N) is 1. The molecule has 3 N–H and O–H groups in total. The van der Waals surface area contributed by atoms with Crippen LogP contribution in [0, 0.1) is 5.92 Å². The predicted octanol–water partition coefficient (Wildman–Crippen LogP) is 1.44. The van der Waals surface area contributed by atoms with Gasteiger partial charge in [-0.3, -0.25) is 5.73 Å². The molecular formula is C13H18N4. The van der Waals surface area contributed by atoms with Crippen LogP contribution in [0.15, 0.2) is 29.3 Å². The number of hydrogen-bond donors (Lipinski definition) is 2. The maximum Gasteiger partial charge on any atom is 0.187 e. The molecule has 1 aromatic carbocycles. The normalized spacial score (nSPS) is 26.9. The van der Waals surface area contributed by atoms with E-state index in [0.717, 1.165) is 29.9 Å². The lowest BCUT2D eigenvalue weighted by molar-refractivity contribution is 0.430. The molecule has 2 aliphatic rings. The van der Waals surface area contributed by atoms with Crippen LogP contribution in [0.4, 0.5) is 5.69 Å². The highest BCUT2D eigenvalue weighted by Crippen LogP contribution is 2.42. The van der Waals surface area contributed by atoms with Gasteiger partial charge in [0.15, 0.2) is 5.79 Å². The van der Waals surface area contributed by atoms with E-state index in [4.69, 9.17) is 10.7 Å². The fraction of sp³-hybridized carbons (Fsp3) is 0.462. The first kappa shape index (κ1) is 10.6. The molecule has 1 unspecified atom stereocenters. The molecule has 4 heteroatoms. The molecule has 17 heavy (non-hydrogen) atoms. The number of para-hydroxylation sites is 1. The van der Waals surface area contributed by atoms with Crippen molar-refractivity contribution in [3.63, 3.8) is 0 Å². The minimum absolute atomic E-state index is 0.464. The van der Waals surface area contributed by atoms with Gasteiger partial charge in [0.05, 0.1) is 0 Å². The molecule has 1 fully saturated rings. The smallest absolute Gasteiger partial charge is 0.187 e. The molecular weight excluding hydrogens is 212 g/mol. The second-order valence-electron chi connectivity index (χ2n) is 5.10. The summed E-state index contributed by atoms with van der Waals surface area (Å²) in [7, 11) is 4.02. The fourth-order valence-electron chi connectivity index (χ4n) is 2.32. The number of fused-ring (bicyclic) bond motifs is 1.